The first-order valence-electron chi connectivity index (χ1n) is 8.62. The predicted octanol–water partition coefficient (Wildman–Crippen LogP) is 3.90. The van der Waals surface area contributed by atoms with Gasteiger partial charge in [0, 0.05) is 23.2 Å². The number of amides is 1. The van der Waals surface area contributed by atoms with Crippen LogP contribution in [0.1, 0.15) is 26.6 Å². The maximum atomic E-state index is 12.2. The molecule has 0 saturated carbocycles. The van der Waals surface area contributed by atoms with Crippen LogP contribution in [0.25, 0.3) is 0 Å². The summed E-state index contributed by atoms with van der Waals surface area (Å²) < 4.78 is 5.16. The van der Waals surface area contributed by atoms with Crippen LogP contribution in [0.5, 0.6) is 0 Å². The number of aryl methyl sites for hydroxylation is 1. The molecule has 2 aromatic carbocycles. The van der Waals surface area contributed by atoms with Crippen molar-refractivity contribution in [2.24, 2.45) is 0 Å². The summed E-state index contributed by atoms with van der Waals surface area (Å²) in [7, 11) is 0. The smallest absolute Gasteiger partial charge is 0.338 e. The molecule has 1 heterocycles. The Kier molecular flexibility index (Phi) is 6.30. The highest BCUT2D eigenvalue weighted by molar-refractivity contribution is 7.09. The van der Waals surface area contributed by atoms with E-state index in [9.17, 15) is 19.7 Å². The van der Waals surface area contributed by atoms with Gasteiger partial charge in [0.15, 0.2) is 0 Å². The van der Waals surface area contributed by atoms with Crippen LogP contribution in [0.3, 0.4) is 0 Å². The van der Waals surface area contributed by atoms with Crippen molar-refractivity contribution < 1.29 is 19.2 Å². The Balaban J connectivity index is 1.54. The quantitative estimate of drug-likeness (QED) is 0.359. The summed E-state index contributed by atoms with van der Waals surface area (Å²) in [6.45, 7) is 1.82. The molecule has 29 heavy (non-hydrogen) atoms. The molecule has 0 spiro atoms. The zero-order valence-electron chi connectivity index (χ0n) is 15.5. The molecule has 0 aliphatic rings. The molecular weight excluding hydrogens is 394 g/mol. The van der Waals surface area contributed by atoms with Crippen molar-refractivity contribution in [3.63, 3.8) is 0 Å². The van der Waals surface area contributed by atoms with E-state index in [1.807, 2.05) is 31.2 Å². The number of anilines is 1. The summed E-state index contributed by atoms with van der Waals surface area (Å²) in [5.74, 6) is -0.866. The Morgan fingerprint density at radius 3 is 2.76 bits per heavy atom. The number of carbonyl (C=O) groups is 2. The lowest BCUT2D eigenvalue weighted by atomic mass is 10.2. The Morgan fingerprint density at radius 2 is 2.00 bits per heavy atom. The minimum Gasteiger partial charge on any atom is -0.456 e. The monoisotopic (exact) mass is 411 g/mol. The van der Waals surface area contributed by atoms with Crippen molar-refractivity contribution >= 4 is 34.6 Å². The first kappa shape index (κ1) is 20.2. The number of esters is 1. The minimum atomic E-state index is -0.680. The standard InChI is InChI=1S/C20H17N3O5S/c1-13-5-2-3-8-17(13)22-18(24)10-19-21-15(12-29-19)11-28-20(25)14-6-4-7-16(9-14)23(26)27/h2-9,12H,10-11H2,1H3,(H,22,24). The van der Waals surface area contributed by atoms with Gasteiger partial charge in [-0.2, -0.15) is 0 Å². The van der Waals surface area contributed by atoms with E-state index in [2.05, 4.69) is 10.3 Å². The fourth-order valence-corrected chi connectivity index (χ4v) is 3.29. The van der Waals surface area contributed by atoms with Gasteiger partial charge >= 0.3 is 5.97 Å². The van der Waals surface area contributed by atoms with Crippen LogP contribution >= 0.6 is 11.3 Å². The average Bonchev–Trinajstić information content (AvgIpc) is 3.15. The molecule has 9 heteroatoms. The van der Waals surface area contributed by atoms with Gasteiger partial charge in [-0.15, -0.1) is 11.3 Å². The van der Waals surface area contributed by atoms with Crippen LogP contribution in [-0.4, -0.2) is 21.8 Å². The number of benzene rings is 2. The summed E-state index contributed by atoms with van der Waals surface area (Å²) in [5.41, 5.74) is 2.13. The largest absolute Gasteiger partial charge is 0.456 e. The van der Waals surface area contributed by atoms with Gasteiger partial charge in [0.1, 0.15) is 11.6 Å². The molecule has 0 fully saturated rings. The second-order valence-corrected chi connectivity index (χ2v) is 7.10. The van der Waals surface area contributed by atoms with Crippen LogP contribution in [0.4, 0.5) is 11.4 Å². The third-order valence-electron chi connectivity index (χ3n) is 3.97. The van der Waals surface area contributed by atoms with Crippen molar-refractivity contribution in [2.45, 2.75) is 20.0 Å². The molecule has 0 radical (unpaired) electrons. The molecule has 0 unspecified atom stereocenters. The number of rotatable bonds is 7. The molecule has 8 nitrogen and oxygen atoms in total. The number of nitro benzene ring substituents is 1. The first-order chi connectivity index (χ1) is 13.9. The summed E-state index contributed by atoms with van der Waals surface area (Å²) in [6, 6.07) is 12.8. The lowest BCUT2D eigenvalue weighted by molar-refractivity contribution is -0.384. The average molecular weight is 411 g/mol. The van der Waals surface area contributed by atoms with E-state index >= 15 is 0 Å². The zero-order valence-corrected chi connectivity index (χ0v) is 16.3. The van der Waals surface area contributed by atoms with Crippen LogP contribution in [-0.2, 0) is 22.6 Å². The third-order valence-corrected chi connectivity index (χ3v) is 4.87. The highest BCUT2D eigenvalue weighted by Gasteiger charge is 2.14. The molecule has 3 rings (SSSR count). The number of thiazole rings is 1. The Morgan fingerprint density at radius 1 is 1.21 bits per heavy atom. The summed E-state index contributed by atoms with van der Waals surface area (Å²) >= 11 is 1.29. The van der Waals surface area contributed by atoms with Gasteiger partial charge in [0.05, 0.1) is 22.6 Å². The maximum Gasteiger partial charge on any atom is 0.338 e. The Bertz CT molecular complexity index is 1060. The number of hydrogen-bond donors (Lipinski definition) is 1. The van der Waals surface area contributed by atoms with E-state index in [4.69, 9.17) is 4.74 Å². The number of para-hydroxylation sites is 1. The van der Waals surface area contributed by atoms with E-state index < -0.39 is 10.9 Å². The first-order valence-corrected chi connectivity index (χ1v) is 9.50. The summed E-state index contributed by atoms with van der Waals surface area (Å²) in [5, 5.41) is 15.9. The van der Waals surface area contributed by atoms with E-state index in [0.717, 1.165) is 17.3 Å². The van der Waals surface area contributed by atoms with Gasteiger partial charge in [-0.3, -0.25) is 14.9 Å². The topological polar surface area (TPSA) is 111 Å². The van der Waals surface area contributed by atoms with E-state index in [1.165, 1.54) is 29.5 Å². The summed E-state index contributed by atoms with van der Waals surface area (Å²) in [6.07, 6.45) is 0.109. The van der Waals surface area contributed by atoms with Crippen molar-refractivity contribution in [2.75, 3.05) is 5.32 Å². The second kappa shape index (κ2) is 9.07. The van der Waals surface area contributed by atoms with E-state index in [1.54, 1.807) is 5.38 Å². The fourth-order valence-electron chi connectivity index (χ4n) is 2.51. The molecule has 3 aromatic rings. The number of nitrogens with zero attached hydrogens (tertiary/aromatic N) is 2. The minimum absolute atomic E-state index is 0.0859. The number of non-ortho nitro benzene ring substituents is 1. The van der Waals surface area contributed by atoms with Crippen molar-refractivity contribution in [3.8, 4) is 0 Å². The lowest BCUT2D eigenvalue weighted by Crippen LogP contribution is -2.15. The third kappa shape index (κ3) is 5.45. The van der Waals surface area contributed by atoms with Crippen molar-refractivity contribution in [1.29, 1.82) is 0 Å². The van der Waals surface area contributed by atoms with Crippen LogP contribution in [0.15, 0.2) is 53.9 Å². The van der Waals surface area contributed by atoms with Gasteiger partial charge in [0.25, 0.3) is 5.69 Å². The van der Waals surface area contributed by atoms with Crippen molar-refractivity contribution in [1.82, 2.24) is 4.98 Å². The molecule has 0 atom stereocenters. The Labute approximate surface area is 170 Å². The SMILES string of the molecule is Cc1ccccc1NC(=O)Cc1nc(COC(=O)c2cccc([N+](=O)[O-])c2)cs1. The van der Waals surface area contributed by atoms with Crippen LogP contribution in [0.2, 0.25) is 0 Å². The number of carbonyl (C=O) groups excluding carboxylic acids is 2. The molecule has 0 bridgehead atoms. The van der Waals surface area contributed by atoms with Crippen molar-refractivity contribution in [3.05, 3.63) is 85.9 Å². The molecular formula is C20H17N3O5S. The van der Waals surface area contributed by atoms with E-state index in [-0.39, 0.29) is 30.2 Å². The molecule has 1 N–H and O–H groups in total. The number of nitro groups is 1. The molecule has 1 amide bonds. The fraction of sp³-hybridized carbons (Fsp3) is 0.150. The Hall–Kier alpha value is -3.59. The van der Waals surface area contributed by atoms with E-state index in [0.29, 0.717) is 10.7 Å². The van der Waals surface area contributed by atoms with Crippen LogP contribution in [0, 0.1) is 17.0 Å². The molecule has 1 aromatic heterocycles. The number of aromatic nitrogens is 1. The second-order valence-electron chi connectivity index (χ2n) is 6.16. The molecule has 0 aliphatic heterocycles. The van der Waals surface area contributed by atoms with Gasteiger partial charge in [-0.25, -0.2) is 9.78 Å². The maximum absolute atomic E-state index is 12.2. The highest BCUT2D eigenvalue weighted by atomic mass is 32.1. The normalized spacial score (nSPS) is 10.4. The number of ether oxygens (including phenoxy) is 1. The van der Waals surface area contributed by atoms with Gasteiger partial charge in [-0.1, -0.05) is 24.3 Å². The number of hydrogen-bond acceptors (Lipinski definition) is 7. The van der Waals surface area contributed by atoms with Gasteiger partial charge in [0.2, 0.25) is 5.91 Å². The van der Waals surface area contributed by atoms with Gasteiger partial charge < -0.3 is 10.1 Å². The highest BCUT2D eigenvalue weighted by Crippen LogP contribution is 2.17. The molecule has 0 saturated heterocycles. The predicted molar refractivity (Wildman–Crippen MR) is 108 cm³/mol. The van der Waals surface area contributed by atoms with Gasteiger partial charge in [-0.05, 0) is 24.6 Å². The number of nitrogens with one attached hydrogen (secondary N) is 1. The molecule has 148 valence electrons. The molecule has 0 aliphatic carbocycles. The zero-order chi connectivity index (χ0) is 20.8. The lowest BCUT2D eigenvalue weighted by Gasteiger charge is -2.06. The van der Waals surface area contributed by atoms with Crippen LogP contribution < -0.4 is 5.32 Å². The summed E-state index contributed by atoms with van der Waals surface area (Å²) in [4.78, 5) is 38.8.